The number of hydrogen-bond acceptors (Lipinski definition) is 4. The van der Waals surface area contributed by atoms with E-state index in [-0.39, 0.29) is 5.91 Å². The van der Waals surface area contributed by atoms with Gasteiger partial charge in [-0.15, -0.1) is 0 Å². The first-order valence-electron chi connectivity index (χ1n) is 4.64. The van der Waals surface area contributed by atoms with Gasteiger partial charge < -0.3 is 19.9 Å². The van der Waals surface area contributed by atoms with Crippen molar-refractivity contribution in [2.75, 3.05) is 20.3 Å². The van der Waals surface area contributed by atoms with Gasteiger partial charge in [0.15, 0.2) is 6.10 Å². The summed E-state index contributed by atoms with van der Waals surface area (Å²) in [7, 11) is 1.53. The molecule has 0 fully saturated rings. The Labute approximate surface area is 88.6 Å². The number of ether oxygens (including phenoxy) is 2. The first-order valence-corrected chi connectivity index (χ1v) is 4.64. The monoisotopic (exact) mass is 219 g/mol. The van der Waals surface area contributed by atoms with E-state index in [0.717, 1.165) is 0 Å². The standard InChI is InChI=1S/C9H17NO5/c1-6(15-7(2)9(12)13)8(11)10-4-5-14-3/h6-7H,4-5H2,1-3H3,(H,10,11)(H,12,13)/t6?,7-/m0/s1. The van der Waals surface area contributed by atoms with Gasteiger partial charge in [-0.3, -0.25) is 4.79 Å². The van der Waals surface area contributed by atoms with Gasteiger partial charge in [-0.25, -0.2) is 4.79 Å². The Morgan fingerprint density at radius 1 is 1.33 bits per heavy atom. The van der Waals surface area contributed by atoms with Crippen molar-refractivity contribution in [1.29, 1.82) is 0 Å². The molecule has 0 heterocycles. The Balaban J connectivity index is 3.83. The third-order valence-electron chi connectivity index (χ3n) is 1.73. The second-order valence-corrected chi connectivity index (χ2v) is 3.04. The quantitative estimate of drug-likeness (QED) is 0.570. The summed E-state index contributed by atoms with van der Waals surface area (Å²) in [6.45, 7) is 3.67. The van der Waals surface area contributed by atoms with E-state index in [1.165, 1.54) is 21.0 Å². The molecule has 6 heteroatoms. The molecular weight excluding hydrogens is 202 g/mol. The lowest BCUT2D eigenvalue weighted by atomic mass is 10.3. The fourth-order valence-corrected chi connectivity index (χ4v) is 0.846. The highest BCUT2D eigenvalue weighted by Crippen LogP contribution is 1.98. The van der Waals surface area contributed by atoms with Crippen molar-refractivity contribution in [3.63, 3.8) is 0 Å². The van der Waals surface area contributed by atoms with Gasteiger partial charge in [0.2, 0.25) is 5.91 Å². The molecule has 88 valence electrons. The third kappa shape index (κ3) is 6.03. The maximum Gasteiger partial charge on any atom is 0.332 e. The lowest BCUT2D eigenvalue weighted by Gasteiger charge is -2.15. The molecule has 0 rings (SSSR count). The van der Waals surface area contributed by atoms with Crippen LogP contribution in [0.25, 0.3) is 0 Å². The van der Waals surface area contributed by atoms with E-state index in [0.29, 0.717) is 13.2 Å². The Morgan fingerprint density at radius 3 is 2.40 bits per heavy atom. The first-order chi connectivity index (χ1) is 6.99. The molecular formula is C9H17NO5. The second-order valence-electron chi connectivity index (χ2n) is 3.04. The normalized spacial score (nSPS) is 14.3. The minimum absolute atomic E-state index is 0.347. The number of hydrogen-bond donors (Lipinski definition) is 2. The van der Waals surface area contributed by atoms with Gasteiger partial charge in [-0.2, -0.15) is 0 Å². The summed E-state index contributed by atoms with van der Waals surface area (Å²) in [5, 5.41) is 11.1. The van der Waals surface area contributed by atoms with Crippen molar-refractivity contribution in [2.45, 2.75) is 26.1 Å². The number of amides is 1. The fraction of sp³-hybridized carbons (Fsp3) is 0.778. The highest BCUT2D eigenvalue weighted by Gasteiger charge is 2.20. The van der Waals surface area contributed by atoms with E-state index in [1.807, 2.05) is 0 Å². The number of aliphatic carboxylic acids is 1. The Morgan fingerprint density at radius 2 is 1.93 bits per heavy atom. The zero-order valence-electron chi connectivity index (χ0n) is 9.15. The summed E-state index contributed by atoms with van der Waals surface area (Å²) in [6.07, 6.45) is -1.78. The molecule has 0 saturated carbocycles. The lowest BCUT2D eigenvalue weighted by molar-refractivity contribution is -0.155. The molecule has 0 aliphatic rings. The maximum atomic E-state index is 11.3. The Hall–Kier alpha value is -1.14. The second kappa shape index (κ2) is 7.19. The van der Waals surface area contributed by atoms with Crippen LogP contribution < -0.4 is 5.32 Å². The van der Waals surface area contributed by atoms with Crippen LogP contribution in [0, 0.1) is 0 Å². The van der Waals surface area contributed by atoms with Gasteiger partial charge in [0.05, 0.1) is 6.61 Å². The van der Waals surface area contributed by atoms with Gasteiger partial charge >= 0.3 is 5.97 Å². The summed E-state index contributed by atoms with van der Waals surface area (Å²) >= 11 is 0. The molecule has 0 aromatic heterocycles. The number of carboxylic acid groups (broad SMARTS) is 1. The molecule has 1 unspecified atom stereocenters. The van der Waals surface area contributed by atoms with Crippen molar-refractivity contribution >= 4 is 11.9 Å². The van der Waals surface area contributed by atoms with Crippen LogP contribution in [0.4, 0.5) is 0 Å². The summed E-state index contributed by atoms with van der Waals surface area (Å²) in [5.41, 5.74) is 0. The molecule has 2 N–H and O–H groups in total. The van der Waals surface area contributed by atoms with Crippen molar-refractivity contribution in [1.82, 2.24) is 5.32 Å². The van der Waals surface area contributed by atoms with Crippen LogP contribution in [-0.4, -0.2) is 49.5 Å². The molecule has 0 radical (unpaired) electrons. The fourth-order valence-electron chi connectivity index (χ4n) is 0.846. The summed E-state index contributed by atoms with van der Waals surface area (Å²) in [4.78, 5) is 21.7. The number of methoxy groups -OCH3 is 1. The third-order valence-corrected chi connectivity index (χ3v) is 1.73. The predicted octanol–water partition coefficient (Wildman–Crippen LogP) is -0.373. The van der Waals surface area contributed by atoms with Gasteiger partial charge in [0.25, 0.3) is 0 Å². The van der Waals surface area contributed by atoms with Crippen molar-refractivity contribution in [3.8, 4) is 0 Å². The highest BCUT2D eigenvalue weighted by atomic mass is 16.5. The maximum absolute atomic E-state index is 11.3. The highest BCUT2D eigenvalue weighted by molar-refractivity contribution is 5.81. The van der Waals surface area contributed by atoms with E-state index in [9.17, 15) is 9.59 Å². The molecule has 1 amide bonds. The average Bonchev–Trinajstić information content (AvgIpc) is 2.17. The summed E-state index contributed by atoms with van der Waals surface area (Å²) < 4.78 is 9.69. The predicted molar refractivity (Wildman–Crippen MR) is 52.5 cm³/mol. The molecule has 0 saturated heterocycles. The number of carbonyl (C=O) groups excluding carboxylic acids is 1. The minimum Gasteiger partial charge on any atom is -0.479 e. The zero-order valence-corrected chi connectivity index (χ0v) is 9.15. The minimum atomic E-state index is -1.09. The van der Waals surface area contributed by atoms with Crippen LogP contribution in [0.2, 0.25) is 0 Å². The van der Waals surface area contributed by atoms with E-state index >= 15 is 0 Å². The van der Waals surface area contributed by atoms with E-state index in [1.54, 1.807) is 0 Å². The number of carbonyl (C=O) groups is 2. The number of nitrogens with one attached hydrogen (secondary N) is 1. The molecule has 0 spiro atoms. The van der Waals surface area contributed by atoms with Gasteiger partial charge in [0, 0.05) is 13.7 Å². The van der Waals surface area contributed by atoms with Crippen LogP contribution in [-0.2, 0) is 19.1 Å². The van der Waals surface area contributed by atoms with Crippen molar-refractivity contribution in [3.05, 3.63) is 0 Å². The summed E-state index contributed by atoms with van der Waals surface area (Å²) in [6, 6.07) is 0. The van der Waals surface area contributed by atoms with Crippen molar-refractivity contribution in [2.24, 2.45) is 0 Å². The average molecular weight is 219 g/mol. The molecule has 0 aliphatic heterocycles. The number of carboxylic acids is 1. The molecule has 0 aromatic rings. The van der Waals surface area contributed by atoms with Crippen LogP contribution in [0.3, 0.4) is 0 Å². The largest absolute Gasteiger partial charge is 0.479 e. The van der Waals surface area contributed by atoms with Gasteiger partial charge in [-0.1, -0.05) is 0 Å². The topological polar surface area (TPSA) is 84.9 Å². The van der Waals surface area contributed by atoms with Crippen molar-refractivity contribution < 1.29 is 24.2 Å². The molecule has 15 heavy (non-hydrogen) atoms. The lowest BCUT2D eigenvalue weighted by Crippen LogP contribution is -2.39. The Bertz CT molecular complexity index is 219. The molecule has 0 bridgehead atoms. The van der Waals surface area contributed by atoms with Gasteiger partial charge in [-0.05, 0) is 13.8 Å². The SMILES string of the molecule is COCCNC(=O)C(C)O[C@@H](C)C(=O)O. The van der Waals surface area contributed by atoms with Crippen LogP contribution >= 0.6 is 0 Å². The Kier molecular flexibility index (Phi) is 6.64. The van der Waals surface area contributed by atoms with E-state index in [4.69, 9.17) is 14.6 Å². The van der Waals surface area contributed by atoms with E-state index in [2.05, 4.69) is 5.32 Å². The van der Waals surface area contributed by atoms with Gasteiger partial charge in [0.1, 0.15) is 6.10 Å². The molecule has 0 aromatic carbocycles. The molecule has 2 atom stereocenters. The van der Waals surface area contributed by atoms with Crippen LogP contribution in [0.1, 0.15) is 13.8 Å². The number of rotatable bonds is 7. The zero-order chi connectivity index (χ0) is 11.8. The van der Waals surface area contributed by atoms with Crippen LogP contribution in [0.5, 0.6) is 0 Å². The molecule has 6 nitrogen and oxygen atoms in total. The van der Waals surface area contributed by atoms with E-state index < -0.39 is 18.2 Å². The molecule has 0 aliphatic carbocycles. The smallest absolute Gasteiger partial charge is 0.332 e. The van der Waals surface area contributed by atoms with Crippen LogP contribution in [0.15, 0.2) is 0 Å². The first kappa shape index (κ1) is 13.9. The summed E-state index contributed by atoms with van der Waals surface area (Å²) in [5.74, 6) is -1.44.